The van der Waals surface area contributed by atoms with E-state index in [0.29, 0.717) is 33.9 Å². The van der Waals surface area contributed by atoms with Crippen LogP contribution in [-0.2, 0) is 13.0 Å². The Hall–Kier alpha value is -4.11. The molecule has 0 radical (unpaired) electrons. The third-order valence-electron chi connectivity index (χ3n) is 7.38. The predicted octanol–water partition coefficient (Wildman–Crippen LogP) is 3.72. The maximum atomic E-state index is 14.1. The normalized spacial score (nSPS) is 16.8. The molecule has 3 aliphatic heterocycles. The van der Waals surface area contributed by atoms with Gasteiger partial charge >= 0.3 is 0 Å². The van der Waals surface area contributed by atoms with E-state index < -0.39 is 0 Å². The van der Waals surface area contributed by atoms with Gasteiger partial charge in [-0.2, -0.15) is 0 Å². The number of hydrogen-bond acceptors (Lipinski definition) is 7. The van der Waals surface area contributed by atoms with Crippen molar-refractivity contribution in [1.82, 2.24) is 9.80 Å². The van der Waals surface area contributed by atoms with Crippen LogP contribution in [0.25, 0.3) is 0 Å². The molecule has 0 spiro atoms. The van der Waals surface area contributed by atoms with E-state index in [0.717, 1.165) is 44.0 Å². The number of anilines is 1. The van der Waals surface area contributed by atoms with E-state index in [1.165, 1.54) is 11.0 Å². The Morgan fingerprint density at radius 3 is 2.55 bits per heavy atom. The summed E-state index contributed by atoms with van der Waals surface area (Å²) in [6.45, 7) is 4.08. The Bertz CT molecular complexity index is 1400. The lowest BCUT2D eigenvalue weighted by Crippen LogP contribution is -2.46. The highest BCUT2D eigenvalue weighted by Gasteiger charge is 2.38. The number of nitrogens with zero attached hydrogens (tertiary/aromatic N) is 3. The molecule has 8 nitrogen and oxygen atoms in total. The summed E-state index contributed by atoms with van der Waals surface area (Å²) >= 11 is 0. The number of ether oxygens (including phenoxy) is 3. The maximum Gasteiger partial charge on any atom is 0.263 e. The van der Waals surface area contributed by atoms with Gasteiger partial charge in [0, 0.05) is 39.3 Å². The Kier molecular flexibility index (Phi) is 6.37. The van der Waals surface area contributed by atoms with E-state index in [-0.39, 0.29) is 37.4 Å². The minimum Gasteiger partial charge on any atom is -0.493 e. The van der Waals surface area contributed by atoms with E-state index in [9.17, 15) is 14.0 Å². The van der Waals surface area contributed by atoms with E-state index >= 15 is 0 Å². The SMILES string of the molecule is COc1cc(CN2CCN(c3cccc4c3C(=O)N(CCc3ccccc3F)C4=O)CC2)cc2c1OCO2. The van der Waals surface area contributed by atoms with Crippen LogP contribution in [0.3, 0.4) is 0 Å². The van der Waals surface area contributed by atoms with Crippen LogP contribution >= 0.6 is 0 Å². The molecule has 9 heteroatoms. The molecule has 0 N–H and O–H groups in total. The van der Waals surface area contributed by atoms with Gasteiger partial charge in [-0.25, -0.2) is 4.39 Å². The van der Waals surface area contributed by atoms with Crippen molar-refractivity contribution >= 4 is 17.5 Å². The van der Waals surface area contributed by atoms with Crippen molar-refractivity contribution in [2.24, 2.45) is 0 Å². The molecule has 3 aromatic rings. The van der Waals surface area contributed by atoms with Crippen molar-refractivity contribution in [1.29, 1.82) is 0 Å². The van der Waals surface area contributed by atoms with E-state index in [1.54, 1.807) is 31.4 Å². The molecule has 3 heterocycles. The zero-order chi connectivity index (χ0) is 26.2. The predicted molar refractivity (Wildman–Crippen MR) is 139 cm³/mol. The van der Waals surface area contributed by atoms with Gasteiger partial charge in [0.1, 0.15) is 5.82 Å². The Morgan fingerprint density at radius 1 is 0.947 bits per heavy atom. The molecule has 196 valence electrons. The first-order valence-corrected chi connectivity index (χ1v) is 12.7. The molecule has 0 bridgehead atoms. The second kappa shape index (κ2) is 9.98. The van der Waals surface area contributed by atoms with E-state index in [2.05, 4.69) is 9.80 Å². The van der Waals surface area contributed by atoms with Gasteiger partial charge in [0.15, 0.2) is 11.5 Å². The summed E-state index contributed by atoms with van der Waals surface area (Å²) in [5, 5.41) is 0. The zero-order valence-corrected chi connectivity index (χ0v) is 21.1. The Morgan fingerprint density at radius 2 is 1.76 bits per heavy atom. The standard InChI is InChI=1S/C29H28FN3O5/c1-36-24-15-19(16-25-27(24)38-18-37-25)17-31-11-13-32(14-12-31)23-8-4-6-21-26(23)29(35)33(28(21)34)10-9-20-5-2-3-7-22(20)30/h2-8,15-16H,9-14,17-18H2,1H3. The first-order valence-electron chi connectivity index (χ1n) is 12.7. The maximum absolute atomic E-state index is 14.1. The van der Waals surface area contributed by atoms with Crippen LogP contribution in [0.4, 0.5) is 10.1 Å². The molecule has 0 unspecified atom stereocenters. The number of imide groups is 1. The molecule has 38 heavy (non-hydrogen) atoms. The van der Waals surface area contributed by atoms with Crippen molar-refractivity contribution in [3.05, 3.63) is 82.7 Å². The fourth-order valence-electron chi connectivity index (χ4n) is 5.40. The van der Waals surface area contributed by atoms with Crippen LogP contribution in [0.5, 0.6) is 17.2 Å². The second-order valence-electron chi connectivity index (χ2n) is 9.60. The van der Waals surface area contributed by atoms with Crippen molar-refractivity contribution in [2.75, 3.05) is 51.5 Å². The smallest absolute Gasteiger partial charge is 0.263 e. The third kappa shape index (κ3) is 4.32. The molecule has 0 saturated carbocycles. The highest BCUT2D eigenvalue weighted by atomic mass is 19.1. The lowest BCUT2D eigenvalue weighted by molar-refractivity contribution is 0.0656. The molecule has 2 amide bonds. The van der Waals surface area contributed by atoms with Crippen LogP contribution in [0, 0.1) is 5.82 Å². The van der Waals surface area contributed by atoms with E-state index in [1.807, 2.05) is 24.3 Å². The van der Waals surface area contributed by atoms with Gasteiger partial charge in [0.05, 0.1) is 23.9 Å². The van der Waals surface area contributed by atoms with E-state index in [4.69, 9.17) is 14.2 Å². The summed E-state index contributed by atoms with van der Waals surface area (Å²) in [4.78, 5) is 32.2. The fraction of sp³-hybridized carbons (Fsp3) is 0.310. The number of amides is 2. The highest BCUT2D eigenvalue weighted by Crippen LogP contribution is 2.42. The van der Waals surface area contributed by atoms with Gasteiger partial charge in [-0.15, -0.1) is 0 Å². The molecule has 0 aliphatic carbocycles. The average molecular weight is 518 g/mol. The summed E-state index contributed by atoms with van der Waals surface area (Å²) in [5.74, 6) is 1.03. The fourth-order valence-corrected chi connectivity index (χ4v) is 5.40. The summed E-state index contributed by atoms with van der Waals surface area (Å²) in [7, 11) is 1.62. The van der Waals surface area contributed by atoms with Gasteiger partial charge in [-0.3, -0.25) is 19.4 Å². The van der Waals surface area contributed by atoms with Crippen molar-refractivity contribution < 1.29 is 28.2 Å². The van der Waals surface area contributed by atoms with Crippen molar-refractivity contribution in [2.45, 2.75) is 13.0 Å². The number of piperazine rings is 1. The third-order valence-corrected chi connectivity index (χ3v) is 7.38. The van der Waals surface area contributed by atoms with Gasteiger partial charge in [-0.1, -0.05) is 24.3 Å². The monoisotopic (exact) mass is 517 g/mol. The van der Waals surface area contributed by atoms with Crippen molar-refractivity contribution in [3.63, 3.8) is 0 Å². The quantitative estimate of drug-likeness (QED) is 0.443. The molecule has 6 rings (SSSR count). The van der Waals surface area contributed by atoms with Crippen LogP contribution in [0.2, 0.25) is 0 Å². The number of methoxy groups -OCH3 is 1. The number of carbonyl (C=O) groups is 2. The summed E-state index contributed by atoms with van der Waals surface area (Å²) in [6.07, 6.45) is 0.275. The lowest BCUT2D eigenvalue weighted by atomic mass is 10.1. The first kappa shape index (κ1) is 24.2. The molecular weight excluding hydrogens is 489 g/mol. The second-order valence-corrected chi connectivity index (χ2v) is 9.60. The molecule has 1 fully saturated rings. The topological polar surface area (TPSA) is 71.6 Å². The number of benzene rings is 3. The van der Waals surface area contributed by atoms with Gasteiger partial charge in [-0.05, 0) is 47.9 Å². The number of rotatable bonds is 7. The minimum absolute atomic E-state index is 0.138. The number of hydrogen-bond donors (Lipinski definition) is 0. The largest absolute Gasteiger partial charge is 0.493 e. The molecule has 3 aliphatic rings. The number of fused-ring (bicyclic) bond motifs is 2. The van der Waals surface area contributed by atoms with Gasteiger partial charge < -0.3 is 19.1 Å². The van der Waals surface area contributed by atoms with Gasteiger partial charge in [0.25, 0.3) is 11.8 Å². The van der Waals surface area contributed by atoms with Crippen LogP contribution < -0.4 is 19.1 Å². The van der Waals surface area contributed by atoms with Crippen LogP contribution in [0.1, 0.15) is 31.8 Å². The summed E-state index contributed by atoms with van der Waals surface area (Å²) < 4.78 is 30.6. The Labute approximate surface area is 220 Å². The summed E-state index contributed by atoms with van der Waals surface area (Å²) in [6, 6.07) is 15.8. The van der Waals surface area contributed by atoms with Crippen LogP contribution in [-0.4, -0.2) is 68.2 Å². The molecule has 1 saturated heterocycles. The van der Waals surface area contributed by atoms with Crippen molar-refractivity contribution in [3.8, 4) is 17.2 Å². The highest BCUT2D eigenvalue weighted by molar-refractivity contribution is 6.23. The van der Waals surface area contributed by atoms with Crippen LogP contribution in [0.15, 0.2) is 54.6 Å². The minimum atomic E-state index is -0.332. The summed E-state index contributed by atoms with van der Waals surface area (Å²) in [5.41, 5.74) is 3.20. The molecule has 0 aromatic heterocycles. The molecule has 3 aromatic carbocycles. The number of carbonyl (C=O) groups excluding carboxylic acids is 2. The van der Waals surface area contributed by atoms with Gasteiger partial charge in [0.2, 0.25) is 12.5 Å². The average Bonchev–Trinajstić information content (AvgIpc) is 3.51. The molecular formula is C29H28FN3O5. The lowest BCUT2D eigenvalue weighted by Gasteiger charge is -2.36. The molecule has 0 atom stereocenters. The Balaban J connectivity index is 1.13. The number of halogens is 1. The first-order chi connectivity index (χ1) is 18.5. The zero-order valence-electron chi connectivity index (χ0n) is 21.1.